The summed E-state index contributed by atoms with van der Waals surface area (Å²) in [6.07, 6.45) is 5.70. The van der Waals surface area contributed by atoms with E-state index in [2.05, 4.69) is 55.1 Å². The molecule has 2 atom stereocenters. The third-order valence-electron chi connectivity index (χ3n) is 7.64. The van der Waals surface area contributed by atoms with E-state index >= 15 is 0 Å². The number of carbonyl (C=O) groups is 1. The molecule has 0 amide bonds. The van der Waals surface area contributed by atoms with E-state index in [0.29, 0.717) is 6.42 Å². The number of Topliss-reactive ketones (excluding diaryl/α,β-unsaturated/α-hetero) is 1. The van der Waals surface area contributed by atoms with Gasteiger partial charge >= 0.3 is 0 Å². The van der Waals surface area contributed by atoms with E-state index < -0.39 is 0 Å². The number of hydrogen-bond acceptors (Lipinski definition) is 2. The van der Waals surface area contributed by atoms with Crippen molar-refractivity contribution in [3.63, 3.8) is 0 Å². The minimum atomic E-state index is -0.196. The number of anilines is 1. The van der Waals surface area contributed by atoms with Gasteiger partial charge in [0.25, 0.3) is 0 Å². The summed E-state index contributed by atoms with van der Waals surface area (Å²) < 4.78 is 14.2. The number of carbonyl (C=O) groups excluding carboxylic acids is 1. The van der Waals surface area contributed by atoms with E-state index in [1.165, 1.54) is 34.0 Å². The van der Waals surface area contributed by atoms with Gasteiger partial charge in [-0.3, -0.25) is 4.79 Å². The zero-order chi connectivity index (χ0) is 23.7. The van der Waals surface area contributed by atoms with Crippen molar-refractivity contribution in [2.45, 2.75) is 64.2 Å². The van der Waals surface area contributed by atoms with E-state index in [1.807, 2.05) is 6.07 Å². The van der Waals surface area contributed by atoms with Gasteiger partial charge in [-0.1, -0.05) is 61.7 Å². The normalized spacial score (nSPS) is 19.1. The van der Waals surface area contributed by atoms with Gasteiger partial charge in [0.05, 0.1) is 0 Å². The number of unbranched alkanes of at least 4 members (excludes halogenated alkanes) is 2. The Morgan fingerprint density at radius 2 is 1.56 bits per heavy atom. The van der Waals surface area contributed by atoms with Crippen LogP contribution >= 0.6 is 0 Å². The van der Waals surface area contributed by atoms with E-state index in [9.17, 15) is 9.18 Å². The lowest BCUT2D eigenvalue weighted by Crippen LogP contribution is -2.38. The average molecular weight is 456 g/mol. The van der Waals surface area contributed by atoms with E-state index in [-0.39, 0.29) is 23.4 Å². The zero-order valence-corrected chi connectivity index (χ0v) is 20.3. The maximum absolute atomic E-state index is 14.2. The number of hydrogen-bond donors (Lipinski definition) is 0. The second-order valence-corrected chi connectivity index (χ2v) is 10.0. The van der Waals surface area contributed by atoms with Crippen LogP contribution < -0.4 is 4.90 Å². The summed E-state index contributed by atoms with van der Waals surface area (Å²) in [6, 6.07) is 20.1. The monoisotopic (exact) mass is 455 g/mol. The molecular weight excluding hydrogens is 421 g/mol. The summed E-state index contributed by atoms with van der Waals surface area (Å²) in [6.45, 7) is 6.28. The fraction of sp³-hybridized carbons (Fsp3) is 0.387. The minimum Gasteiger partial charge on any atom is -0.371 e. The molecule has 0 radical (unpaired) electrons. The number of ketones is 1. The summed E-state index contributed by atoms with van der Waals surface area (Å²) in [5.41, 5.74) is 8.18. The summed E-state index contributed by atoms with van der Waals surface area (Å²) in [7, 11) is 0. The Hall–Kier alpha value is -2.94. The molecule has 0 saturated carbocycles. The van der Waals surface area contributed by atoms with Crippen LogP contribution in [0.4, 0.5) is 10.1 Å². The zero-order valence-electron chi connectivity index (χ0n) is 20.3. The molecule has 0 aromatic heterocycles. The molecular formula is C31H34FNO. The number of aryl methyl sites for hydroxylation is 1. The SMILES string of the molecule is CCCCCC(=O)c1cc2c3c(c1)C(c1cccc(F)c1)CCN3CCC2c1cccc(C)c1. The molecule has 0 bridgehead atoms. The molecule has 2 heterocycles. The van der Waals surface area contributed by atoms with Crippen molar-refractivity contribution < 1.29 is 9.18 Å². The molecule has 34 heavy (non-hydrogen) atoms. The molecule has 3 heteroatoms. The molecule has 0 spiro atoms. The Labute approximate surface area is 202 Å². The van der Waals surface area contributed by atoms with Crippen molar-refractivity contribution in [3.05, 3.63) is 99.9 Å². The van der Waals surface area contributed by atoms with Crippen LogP contribution in [-0.4, -0.2) is 18.9 Å². The number of halogens is 1. The fourth-order valence-corrected chi connectivity index (χ4v) is 5.94. The van der Waals surface area contributed by atoms with Crippen LogP contribution in [0.15, 0.2) is 60.7 Å². The Balaban J connectivity index is 1.65. The van der Waals surface area contributed by atoms with Gasteiger partial charge in [-0.25, -0.2) is 4.39 Å². The van der Waals surface area contributed by atoms with E-state index in [1.54, 1.807) is 12.1 Å². The molecule has 5 rings (SSSR count). The molecule has 0 saturated heterocycles. The standard InChI is InChI=1S/C31H34FNO/c1-3-4-5-12-30(34)24-19-28-26(22-9-6-8-21(2)17-22)13-15-33-16-14-27(29(20-24)31(28)33)23-10-7-11-25(32)18-23/h6-11,17-20,26-27H,3-5,12-16H2,1-2H3. The number of benzene rings is 3. The lowest BCUT2D eigenvalue weighted by molar-refractivity contribution is 0.0979. The third kappa shape index (κ3) is 4.41. The molecule has 2 nitrogen and oxygen atoms in total. The number of nitrogens with zero attached hydrogens (tertiary/aromatic N) is 1. The van der Waals surface area contributed by atoms with Crippen molar-refractivity contribution in [1.29, 1.82) is 0 Å². The summed E-state index contributed by atoms with van der Waals surface area (Å²) in [4.78, 5) is 15.8. The maximum Gasteiger partial charge on any atom is 0.162 e. The Kier molecular flexibility index (Phi) is 6.54. The smallest absolute Gasteiger partial charge is 0.162 e. The molecule has 3 aromatic carbocycles. The Morgan fingerprint density at radius 1 is 0.912 bits per heavy atom. The van der Waals surface area contributed by atoms with E-state index in [4.69, 9.17) is 0 Å². The minimum absolute atomic E-state index is 0.111. The van der Waals surface area contributed by atoms with Crippen molar-refractivity contribution >= 4 is 11.5 Å². The highest BCUT2D eigenvalue weighted by Gasteiger charge is 2.35. The molecule has 0 fully saturated rings. The first-order chi connectivity index (χ1) is 16.5. The van der Waals surface area contributed by atoms with Gasteiger partial charge in [0.1, 0.15) is 5.82 Å². The van der Waals surface area contributed by atoms with Gasteiger partial charge in [-0.2, -0.15) is 0 Å². The van der Waals surface area contributed by atoms with Crippen LogP contribution in [0, 0.1) is 12.7 Å². The molecule has 2 unspecified atom stereocenters. The highest BCUT2D eigenvalue weighted by molar-refractivity contribution is 5.97. The molecule has 3 aromatic rings. The quantitative estimate of drug-likeness (QED) is 0.268. The van der Waals surface area contributed by atoms with Gasteiger partial charge in [0, 0.05) is 42.6 Å². The first-order valence-electron chi connectivity index (χ1n) is 12.8. The maximum atomic E-state index is 14.2. The lowest BCUT2D eigenvalue weighted by Gasteiger charge is -2.43. The highest BCUT2D eigenvalue weighted by atomic mass is 19.1. The second-order valence-electron chi connectivity index (χ2n) is 10.0. The molecule has 176 valence electrons. The molecule has 0 aliphatic carbocycles. The van der Waals surface area contributed by atoms with Crippen LogP contribution in [0.2, 0.25) is 0 Å². The largest absolute Gasteiger partial charge is 0.371 e. The topological polar surface area (TPSA) is 20.3 Å². The van der Waals surface area contributed by atoms with Crippen LogP contribution in [0.5, 0.6) is 0 Å². The Morgan fingerprint density at radius 3 is 2.18 bits per heavy atom. The van der Waals surface area contributed by atoms with Crippen LogP contribution in [0.25, 0.3) is 0 Å². The van der Waals surface area contributed by atoms with Gasteiger partial charge in [-0.05, 0) is 72.7 Å². The van der Waals surface area contributed by atoms with Crippen LogP contribution in [-0.2, 0) is 0 Å². The highest BCUT2D eigenvalue weighted by Crippen LogP contribution is 2.49. The fourth-order valence-electron chi connectivity index (χ4n) is 5.94. The summed E-state index contributed by atoms with van der Waals surface area (Å²) >= 11 is 0. The average Bonchev–Trinajstić information content (AvgIpc) is 2.84. The Bertz CT molecular complexity index is 1120. The third-order valence-corrected chi connectivity index (χ3v) is 7.64. The lowest BCUT2D eigenvalue weighted by atomic mass is 9.75. The van der Waals surface area contributed by atoms with Gasteiger partial charge in [0.15, 0.2) is 5.78 Å². The first-order valence-corrected chi connectivity index (χ1v) is 12.8. The van der Waals surface area contributed by atoms with Gasteiger partial charge < -0.3 is 4.90 Å². The predicted molar refractivity (Wildman–Crippen MR) is 138 cm³/mol. The van der Waals surface area contributed by atoms with Crippen molar-refractivity contribution in [2.24, 2.45) is 0 Å². The first kappa shape index (κ1) is 22.8. The van der Waals surface area contributed by atoms with Gasteiger partial charge in [0.2, 0.25) is 0 Å². The van der Waals surface area contributed by atoms with Crippen LogP contribution in [0.1, 0.15) is 95.5 Å². The predicted octanol–water partition coefficient (Wildman–Crippen LogP) is 7.77. The molecule has 2 aliphatic rings. The van der Waals surface area contributed by atoms with Crippen LogP contribution in [0.3, 0.4) is 0 Å². The van der Waals surface area contributed by atoms with Crippen molar-refractivity contribution in [1.82, 2.24) is 0 Å². The van der Waals surface area contributed by atoms with E-state index in [0.717, 1.165) is 56.3 Å². The molecule has 2 aliphatic heterocycles. The van der Waals surface area contributed by atoms with Crippen molar-refractivity contribution in [2.75, 3.05) is 18.0 Å². The summed E-state index contributed by atoms with van der Waals surface area (Å²) in [5, 5.41) is 0. The van der Waals surface area contributed by atoms with Crippen molar-refractivity contribution in [3.8, 4) is 0 Å². The van der Waals surface area contributed by atoms with Gasteiger partial charge in [-0.15, -0.1) is 0 Å². The second kappa shape index (κ2) is 9.74. The summed E-state index contributed by atoms with van der Waals surface area (Å²) in [5.74, 6) is 0.425. The number of rotatable bonds is 7. The molecule has 0 N–H and O–H groups in total.